The average Bonchev–Trinajstić information content (AvgIpc) is 2.44. The number of carbonyl (C=O) groups excluding carboxylic acids is 1. The monoisotopic (exact) mass is 450 g/mol. The van der Waals surface area contributed by atoms with Crippen LogP contribution < -0.4 is 29.6 Å². The van der Waals surface area contributed by atoms with E-state index in [-0.39, 0.29) is 31.0 Å². The zero-order valence-electron chi connectivity index (χ0n) is 19.1. The maximum Gasteiger partial charge on any atom is 1.00 e. The first-order chi connectivity index (χ1) is 12.0. The Balaban J connectivity index is -0.00000312. The summed E-state index contributed by atoms with van der Waals surface area (Å²) < 4.78 is 2.64. The number of halogens is 3. The molecule has 0 amide bonds. The van der Waals surface area contributed by atoms with Crippen molar-refractivity contribution >= 4 is 40.8 Å². The molecule has 0 spiro atoms. The fourth-order valence-electron chi connectivity index (χ4n) is 3.12. The van der Waals surface area contributed by atoms with Gasteiger partial charge in [0.2, 0.25) is 0 Å². The van der Waals surface area contributed by atoms with Crippen molar-refractivity contribution in [3.8, 4) is 0 Å². The Labute approximate surface area is 205 Å². The third kappa shape index (κ3) is 21.6. The van der Waals surface area contributed by atoms with E-state index < -0.39 is 9.95 Å². The molecule has 0 heterocycles. The maximum atomic E-state index is 11.5. The van der Waals surface area contributed by atoms with Gasteiger partial charge in [-0.15, -0.1) is 0 Å². The van der Waals surface area contributed by atoms with Crippen LogP contribution in [0.15, 0.2) is 11.6 Å². The molecule has 0 saturated carbocycles. The summed E-state index contributed by atoms with van der Waals surface area (Å²) in [6.07, 6.45) is 12.5. The van der Waals surface area contributed by atoms with Crippen LogP contribution in [0, 0.1) is 17.8 Å². The molecule has 0 rings (SSSR count). The van der Waals surface area contributed by atoms with Crippen LogP contribution in [-0.2, 0) is 9.53 Å². The molecule has 0 bridgehead atoms. The van der Waals surface area contributed by atoms with Gasteiger partial charge in [0.25, 0.3) is 0 Å². The molecule has 0 aromatic heterocycles. The number of alkyl halides is 3. The van der Waals surface area contributed by atoms with Gasteiger partial charge in [-0.05, 0) is 72.3 Å². The molecule has 0 aliphatic heterocycles. The smallest absolute Gasteiger partial charge is 1.00 e. The third-order valence-corrected chi connectivity index (χ3v) is 4.95. The molecule has 0 aromatic carbocycles. The van der Waals surface area contributed by atoms with E-state index in [1.54, 1.807) is 0 Å². The predicted molar refractivity (Wildman–Crippen MR) is 116 cm³/mol. The van der Waals surface area contributed by atoms with Crippen molar-refractivity contribution in [2.75, 3.05) is 0 Å². The molecule has 0 saturated heterocycles. The van der Waals surface area contributed by atoms with Crippen molar-refractivity contribution in [1.29, 1.82) is 0 Å². The van der Waals surface area contributed by atoms with E-state index in [1.807, 2.05) is 6.92 Å². The van der Waals surface area contributed by atoms with Gasteiger partial charge in [-0.25, -0.2) is 4.79 Å². The van der Waals surface area contributed by atoms with Gasteiger partial charge in [-0.3, -0.25) is 0 Å². The topological polar surface area (TPSA) is 26.3 Å². The average molecular weight is 452 g/mol. The quantitative estimate of drug-likeness (QED) is 0.163. The fourth-order valence-corrected chi connectivity index (χ4v) is 3.35. The zero-order valence-corrected chi connectivity index (χ0v) is 22.4. The van der Waals surface area contributed by atoms with Gasteiger partial charge in [-0.2, -0.15) is 0 Å². The van der Waals surface area contributed by atoms with E-state index in [2.05, 4.69) is 32.4 Å². The van der Waals surface area contributed by atoms with E-state index in [0.717, 1.165) is 36.2 Å². The molecule has 27 heavy (non-hydrogen) atoms. The normalized spacial score (nSPS) is 14.6. The van der Waals surface area contributed by atoms with Crippen LogP contribution in [0.2, 0.25) is 0 Å². The zero-order chi connectivity index (χ0) is 20.2. The summed E-state index contributed by atoms with van der Waals surface area (Å²) in [6, 6.07) is 0. The maximum absolute atomic E-state index is 11.5. The van der Waals surface area contributed by atoms with E-state index in [4.69, 9.17) is 34.8 Å². The van der Waals surface area contributed by atoms with Gasteiger partial charge in [0, 0.05) is 6.08 Å². The molecule has 0 radical (unpaired) electrons. The minimum absolute atomic E-state index is 0. The van der Waals surface area contributed by atoms with Crippen molar-refractivity contribution in [3.63, 3.8) is 0 Å². The molecule has 0 aliphatic rings. The van der Waals surface area contributed by atoms with Crippen molar-refractivity contribution in [3.05, 3.63) is 11.6 Å². The minimum Gasteiger partial charge on any atom is -1.00 e. The van der Waals surface area contributed by atoms with Gasteiger partial charge in [0.15, 0.2) is 0 Å². The molecule has 0 aliphatic carbocycles. The second kappa shape index (κ2) is 16.8. The first kappa shape index (κ1) is 30.3. The number of hydrogen-bond acceptors (Lipinski definition) is 2. The number of esters is 1. The third-order valence-electron chi connectivity index (χ3n) is 4.72. The van der Waals surface area contributed by atoms with Crippen LogP contribution in [0.25, 0.3) is 0 Å². The molecule has 0 fully saturated rings. The van der Waals surface area contributed by atoms with E-state index in [1.165, 1.54) is 51.0 Å². The second-order valence-corrected chi connectivity index (χ2v) is 10.4. The van der Waals surface area contributed by atoms with Crippen LogP contribution in [0.4, 0.5) is 0 Å². The van der Waals surface area contributed by atoms with Crippen LogP contribution in [0.3, 0.4) is 0 Å². The summed E-state index contributed by atoms with van der Waals surface area (Å²) in [5.74, 6) is 1.78. The summed E-state index contributed by atoms with van der Waals surface area (Å²) in [6.45, 7) is 11.2. The number of ether oxygens (including phenoxy) is 1. The van der Waals surface area contributed by atoms with Crippen molar-refractivity contribution < 1.29 is 40.5 Å². The Morgan fingerprint density at radius 1 is 0.926 bits per heavy atom. The molecule has 0 unspecified atom stereocenters. The van der Waals surface area contributed by atoms with Gasteiger partial charge < -0.3 is 6.16 Å². The Morgan fingerprint density at radius 2 is 1.37 bits per heavy atom. The molecule has 0 N–H and O–H groups in total. The molecule has 156 valence electrons. The van der Waals surface area contributed by atoms with Gasteiger partial charge >= 0.3 is 39.5 Å². The molecule has 2 atom stereocenters. The van der Waals surface area contributed by atoms with Gasteiger partial charge in [-0.1, -0.05) is 78.2 Å². The first-order valence-electron chi connectivity index (χ1n) is 9.96. The fraction of sp³-hybridized carbons (Fsp3) is 0.857. The Morgan fingerprint density at radius 3 is 1.81 bits per heavy atom. The Kier molecular flexibility index (Phi) is 18.9. The Bertz CT molecular complexity index is 426. The molecule has 2 nitrogen and oxygen atoms in total. The summed E-state index contributed by atoms with van der Waals surface area (Å²) >= 11 is 16.3. The minimum atomic E-state index is -1.99. The largest absolute Gasteiger partial charge is 1.00 e. The standard InChI is InChI=1S/C21H37Cl3O2.Na.H/c1-16(2)9-6-10-17(3)11-7-12-18(4)13-8-14-19(5)15-20(25)26-21(22,23)24;;/h15-18H,6-14H2,1-5H3;;/q;+1;-1/b19-15+;;/t17-,18-;;/m1../s1. The van der Waals surface area contributed by atoms with E-state index >= 15 is 0 Å². The number of allylic oxidation sites excluding steroid dienone is 1. The molecule has 0 aromatic rings. The summed E-state index contributed by atoms with van der Waals surface area (Å²) in [4.78, 5) is 11.5. The number of carbonyl (C=O) groups is 1. The van der Waals surface area contributed by atoms with Crippen LogP contribution >= 0.6 is 34.8 Å². The summed E-state index contributed by atoms with van der Waals surface area (Å²) in [5.41, 5.74) is 0.954. The molecule has 6 heteroatoms. The first-order valence-corrected chi connectivity index (χ1v) is 11.1. The van der Waals surface area contributed by atoms with Gasteiger partial charge in [0.05, 0.1) is 0 Å². The second-order valence-electron chi connectivity index (χ2n) is 8.22. The van der Waals surface area contributed by atoms with Crippen molar-refractivity contribution in [2.45, 2.75) is 96.4 Å². The van der Waals surface area contributed by atoms with Gasteiger partial charge in [0.1, 0.15) is 0 Å². The van der Waals surface area contributed by atoms with Crippen LogP contribution in [0.5, 0.6) is 0 Å². The predicted octanol–water partition coefficient (Wildman–Crippen LogP) is 5.36. The SMILES string of the molecule is C/C(=C\C(=O)OC(Cl)(Cl)Cl)CCC[C@H](C)CCC[C@H](C)CCCC(C)C.[H-].[Na+]. The molecular weight excluding hydrogens is 414 g/mol. The van der Waals surface area contributed by atoms with Crippen LogP contribution in [0.1, 0.15) is 93.8 Å². The van der Waals surface area contributed by atoms with Crippen LogP contribution in [-0.4, -0.2) is 9.95 Å². The van der Waals surface area contributed by atoms with E-state index in [0.29, 0.717) is 0 Å². The van der Waals surface area contributed by atoms with Crippen molar-refractivity contribution in [1.82, 2.24) is 0 Å². The molecular formula is C21H38Cl3NaO2. The Hall–Kier alpha value is 1.08. The number of rotatable bonds is 13. The number of hydrogen-bond donors (Lipinski definition) is 0. The van der Waals surface area contributed by atoms with E-state index in [9.17, 15) is 4.79 Å². The summed E-state index contributed by atoms with van der Waals surface area (Å²) in [5, 5.41) is 0. The summed E-state index contributed by atoms with van der Waals surface area (Å²) in [7, 11) is 0. The van der Waals surface area contributed by atoms with Crippen molar-refractivity contribution in [2.24, 2.45) is 17.8 Å².